The van der Waals surface area contributed by atoms with Crippen LogP contribution in [0.4, 0.5) is 4.79 Å². The van der Waals surface area contributed by atoms with Crippen molar-refractivity contribution in [1.82, 2.24) is 0 Å². The standard InChI is InChI=1S/C8H18NO.CH2O3/c1-3-10-8-9(2)6-4-5-7-9;2-1(3)4/h3-8H2,1-2H3;(H2,2,3,4)/q+1;/p-1. The highest BCUT2D eigenvalue weighted by molar-refractivity contribution is 5.50. The number of hydrogen-bond donors (Lipinski definition) is 1. The lowest BCUT2D eigenvalue weighted by molar-refractivity contribution is -0.916. The summed E-state index contributed by atoms with van der Waals surface area (Å²) in [7, 11) is 2.28. The molecule has 14 heavy (non-hydrogen) atoms. The van der Waals surface area contributed by atoms with Crippen LogP contribution in [-0.2, 0) is 4.74 Å². The molecule has 0 atom stereocenters. The maximum absolute atomic E-state index is 8.44. The summed E-state index contributed by atoms with van der Waals surface area (Å²) < 4.78 is 6.53. The summed E-state index contributed by atoms with van der Waals surface area (Å²) in [5.41, 5.74) is 0. The molecular formula is C9H19NO4. The summed E-state index contributed by atoms with van der Waals surface area (Å²) in [6, 6.07) is 0. The molecule has 0 amide bonds. The van der Waals surface area contributed by atoms with Crippen molar-refractivity contribution in [3.63, 3.8) is 0 Å². The Balaban J connectivity index is 0.000000364. The van der Waals surface area contributed by atoms with Gasteiger partial charge in [-0.3, -0.25) is 0 Å². The van der Waals surface area contributed by atoms with E-state index in [1.807, 2.05) is 0 Å². The quantitative estimate of drug-likeness (QED) is 0.664. The van der Waals surface area contributed by atoms with Crippen molar-refractivity contribution in [3.05, 3.63) is 0 Å². The maximum atomic E-state index is 8.44. The fourth-order valence-corrected chi connectivity index (χ4v) is 1.54. The highest BCUT2D eigenvalue weighted by atomic mass is 16.6. The van der Waals surface area contributed by atoms with Crippen LogP contribution in [0.5, 0.6) is 0 Å². The third-order valence-electron chi connectivity index (χ3n) is 2.25. The van der Waals surface area contributed by atoms with E-state index in [0.29, 0.717) is 0 Å². The Hall–Kier alpha value is -0.810. The zero-order valence-electron chi connectivity index (χ0n) is 8.86. The fraction of sp³-hybridized carbons (Fsp3) is 0.889. The topological polar surface area (TPSA) is 69.6 Å². The van der Waals surface area contributed by atoms with Gasteiger partial charge >= 0.3 is 0 Å². The highest BCUT2D eigenvalue weighted by Gasteiger charge is 2.26. The molecule has 0 aromatic heterocycles. The fourth-order valence-electron chi connectivity index (χ4n) is 1.54. The number of likely N-dealkylation sites (tertiary alicyclic amines) is 1. The van der Waals surface area contributed by atoms with Gasteiger partial charge in [-0.15, -0.1) is 0 Å². The summed E-state index contributed by atoms with van der Waals surface area (Å²) in [5, 5.41) is 15.3. The van der Waals surface area contributed by atoms with E-state index in [9.17, 15) is 0 Å². The monoisotopic (exact) mass is 205 g/mol. The molecule has 1 fully saturated rings. The van der Waals surface area contributed by atoms with E-state index in [4.69, 9.17) is 19.7 Å². The van der Waals surface area contributed by atoms with Gasteiger partial charge in [0.1, 0.15) is 0 Å². The molecule has 0 aromatic carbocycles. The molecule has 0 radical (unpaired) electrons. The van der Waals surface area contributed by atoms with Gasteiger partial charge in [-0.05, 0) is 6.92 Å². The van der Waals surface area contributed by atoms with Crippen molar-refractivity contribution in [2.24, 2.45) is 0 Å². The van der Waals surface area contributed by atoms with E-state index in [0.717, 1.165) is 17.8 Å². The van der Waals surface area contributed by atoms with Gasteiger partial charge in [-0.1, -0.05) is 0 Å². The van der Waals surface area contributed by atoms with Gasteiger partial charge in [-0.2, -0.15) is 0 Å². The van der Waals surface area contributed by atoms with Crippen molar-refractivity contribution in [1.29, 1.82) is 0 Å². The van der Waals surface area contributed by atoms with Crippen LogP contribution in [0.15, 0.2) is 0 Å². The van der Waals surface area contributed by atoms with Crippen molar-refractivity contribution < 1.29 is 24.2 Å². The lowest BCUT2D eigenvalue weighted by Gasteiger charge is -2.27. The van der Waals surface area contributed by atoms with Gasteiger partial charge in [0.2, 0.25) is 6.16 Å². The molecule has 0 saturated carbocycles. The van der Waals surface area contributed by atoms with E-state index in [-0.39, 0.29) is 0 Å². The average molecular weight is 205 g/mol. The van der Waals surface area contributed by atoms with Gasteiger partial charge in [0, 0.05) is 19.4 Å². The lowest BCUT2D eigenvalue weighted by atomic mass is 10.4. The molecule has 1 heterocycles. The molecule has 1 rings (SSSR count). The SMILES string of the molecule is CCOC[N+]1(C)CCCC1.O=C([O-])O. The molecule has 84 valence electrons. The number of nitrogens with zero attached hydrogens (tertiary/aromatic N) is 1. The Bertz CT molecular complexity index is 162. The molecule has 0 unspecified atom stereocenters. The summed E-state index contributed by atoms with van der Waals surface area (Å²) >= 11 is 0. The van der Waals surface area contributed by atoms with Crippen LogP contribution < -0.4 is 5.11 Å². The first-order valence-corrected chi connectivity index (χ1v) is 4.81. The van der Waals surface area contributed by atoms with Crippen molar-refractivity contribution in [3.8, 4) is 0 Å². The molecule has 1 aliphatic rings. The first kappa shape index (κ1) is 13.2. The van der Waals surface area contributed by atoms with Gasteiger partial charge in [0.25, 0.3) is 0 Å². The summed E-state index contributed by atoms with van der Waals surface area (Å²) in [6.45, 7) is 6.44. The van der Waals surface area contributed by atoms with Crippen LogP contribution in [0.1, 0.15) is 19.8 Å². The Labute approximate surface area is 84.5 Å². The molecule has 0 aliphatic carbocycles. The predicted molar refractivity (Wildman–Crippen MR) is 49.7 cm³/mol. The number of quaternary nitrogens is 1. The Kier molecular flexibility index (Phi) is 6.23. The van der Waals surface area contributed by atoms with Gasteiger partial charge < -0.3 is 24.2 Å². The molecule has 5 nitrogen and oxygen atoms in total. The maximum Gasteiger partial charge on any atom is 0.249 e. The van der Waals surface area contributed by atoms with Crippen LogP contribution >= 0.6 is 0 Å². The molecule has 1 N–H and O–H groups in total. The number of ether oxygens (including phenoxy) is 1. The van der Waals surface area contributed by atoms with E-state index in [2.05, 4.69) is 14.0 Å². The Morgan fingerprint density at radius 2 is 1.93 bits per heavy atom. The molecule has 1 saturated heterocycles. The first-order valence-electron chi connectivity index (χ1n) is 4.81. The van der Waals surface area contributed by atoms with Crippen LogP contribution in [-0.4, -0.2) is 49.2 Å². The van der Waals surface area contributed by atoms with E-state index < -0.39 is 6.16 Å². The molecule has 0 aromatic rings. The molecular weight excluding hydrogens is 186 g/mol. The highest BCUT2D eigenvalue weighted by Crippen LogP contribution is 2.15. The third kappa shape index (κ3) is 6.68. The normalized spacial score (nSPS) is 18.4. The minimum absolute atomic E-state index is 0.855. The predicted octanol–water partition coefficient (Wildman–Crippen LogP) is 0.109. The van der Waals surface area contributed by atoms with Crippen LogP contribution in [0.25, 0.3) is 0 Å². The number of rotatable bonds is 3. The average Bonchev–Trinajstić information content (AvgIpc) is 2.48. The van der Waals surface area contributed by atoms with Gasteiger partial charge in [0.15, 0.2) is 6.73 Å². The number of carboxylic acid groups (broad SMARTS) is 2. The van der Waals surface area contributed by atoms with Gasteiger partial charge in [-0.25, -0.2) is 0 Å². The zero-order chi connectivity index (χ0) is 11.0. The van der Waals surface area contributed by atoms with E-state index >= 15 is 0 Å². The molecule has 0 bridgehead atoms. The Morgan fingerprint density at radius 3 is 2.29 bits per heavy atom. The molecule has 1 aliphatic heterocycles. The first-order chi connectivity index (χ1) is 6.50. The van der Waals surface area contributed by atoms with Crippen molar-refractivity contribution in [2.75, 3.05) is 33.5 Å². The van der Waals surface area contributed by atoms with Crippen molar-refractivity contribution in [2.45, 2.75) is 19.8 Å². The second-order valence-corrected chi connectivity index (χ2v) is 3.66. The minimum atomic E-state index is -2.08. The molecule has 0 spiro atoms. The largest absolute Gasteiger partial charge is 0.565 e. The van der Waals surface area contributed by atoms with E-state index in [1.54, 1.807) is 0 Å². The minimum Gasteiger partial charge on any atom is -0.565 e. The second-order valence-electron chi connectivity index (χ2n) is 3.66. The number of carbonyl (C=O) groups is 1. The summed E-state index contributed by atoms with van der Waals surface area (Å²) in [5.74, 6) is 0. The lowest BCUT2D eigenvalue weighted by Crippen LogP contribution is -2.42. The van der Waals surface area contributed by atoms with Crippen molar-refractivity contribution >= 4 is 6.16 Å². The Morgan fingerprint density at radius 1 is 1.50 bits per heavy atom. The number of hydrogen-bond acceptors (Lipinski definition) is 3. The second kappa shape index (κ2) is 6.62. The van der Waals surface area contributed by atoms with Crippen LogP contribution in [0.3, 0.4) is 0 Å². The zero-order valence-corrected chi connectivity index (χ0v) is 8.86. The summed E-state index contributed by atoms with van der Waals surface area (Å²) in [6.07, 6.45) is 0.674. The molecule has 5 heteroatoms. The third-order valence-corrected chi connectivity index (χ3v) is 2.25. The van der Waals surface area contributed by atoms with Crippen LogP contribution in [0.2, 0.25) is 0 Å². The van der Waals surface area contributed by atoms with Gasteiger partial charge in [0.05, 0.1) is 20.1 Å². The smallest absolute Gasteiger partial charge is 0.249 e. The van der Waals surface area contributed by atoms with E-state index in [1.165, 1.54) is 25.9 Å². The summed E-state index contributed by atoms with van der Waals surface area (Å²) in [4.78, 5) is 8.44. The van der Waals surface area contributed by atoms with Crippen LogP contribution in [0, 0.1) is 0 Å².